The van der Waals surface area contributed by atoms with Crippen LogP contribution in [0, 0.1) is 0 Å². The monoisotopic (exact) mass is 298 g/mol. The highest BCUT2D eigenvalue weighted by Gasteiger charge is 2.35. The lowest BCUT2D eigenvalue weighted by Crippen LogP contribution is -2.38. The van der Waals surface area contributed by atoms with Crippen molar-refractivity contribution < 1.29 is 0 Å². The molecular weight excluding hydrogens is 279 g/mol. The first-order valence-electron chi connectivity index (χ1n) is 7.14. The average Bonchev–Trinajstić information content (AvgIpc) is 2.78. The molecular formula is C15H20Cl2N2. The lowest BCUT2D eigenvalue weighted by atomic mass is 9.93. The van der Waals surface area contributed by atoms with E-state index in [0.29, 0.717) is 17.6 Å². The van der Waals surface area contributed by atoms with E-state index in [1.807, 2.05) is 12.1 Å². The van der Waals surface area contributed by atoms with Crippen LogP contribution in [0.15, 0.2) is 12.1 Å². The summed E-state index contributed by atoms with van der Waals surface area (Å²) >= 11 is 12.5. The summed E-state index contributed by atoms with van der Waals surface area (Å²) in [6.07, 6.45) is 6.62. The molecule has 0 bridgehead atoms. The quantitative estimate of drug-likeness (QED) is 0.889. The van der Waals surface area contributed by atoms with Gasteiger partial charge in [-0.05, 0) is 36.1 Å². The number of hydrogen-bond acceptors (Lipinski definition) is 2. The molecule has 0 radical (unpaired) electrons. The van der Waals surface area contributed by atoms with Gasteiger partial charge in [0.1, 0.15) is 0 Å². The summed E-state index contributed by atoms with van der Waals surface area (Å²) in [7, 11) is 0. The number of hydrogen-bond donors (Lipinski definition) is 1. The molecule has 1 aliphatic carbocycles. The van der Waals surface area contributed by atoms with Crippen LogP contribution >= 0.6 is 23.2 Å². The molecule has 104 valence electrons. The third-order valence-electron chi connectivity index (χ3n) is 4.56. The predicted molar refractivity (Wildman–Crippen MR) is 80.7 cm³/mol. The van der Waals surface area contributed by atoms with E-state index in [1.54, 1.807) is 0 Å². The topological polar surface area (TPSA) is 29.3 Å². The molecule has 3 rings (SSSR count). The first kappa shape index (κ1) is 13.7. The molecule has 0 amide bonds. The molecule has 2 nitrogen and oxygen atoms in total. The van der Waals surface area contributed by atoms with E-state index in [1.165, 1.54) is 43.2 Å². The lowest BCUT2D eigenvalue weighted by Gasteiger charge is -2.35. The molecule has 2 N–H and O–H groups in total. The Morgan fingerprint density at radius 1 is 1.16 bits per heavy atom. The van der Waals surface area contributed by atoms with Crippen LogP contribution in [0.4, 0.5) is 0 Å². The summed E-state index contributed by atoms with van der Waals surface area (Å²) in [5, 5.41) is 1.51. The van der Waals surface area contributed by atoms with Crippen molar-refractivity contribution in [1.82, 2.24) is 4.90 Å². The molecule has 0 spiro atoms. The Morgan fingerprint density at radius 2 is 1.89 bits per heavy atom. The third-order valence-corrected chi connectivity index (χ3v) is 5.12. The molecule has 1 unspecified atom stereocenters. The second-order valence-electron chi connectivity index (χ2n) is 5.67. The molecule has 1 fully saturated rings. The number of benzene rings is 1. The molecule has 1 aromatic carbocycles. The minimum absolute atomic E-state index is 0.286. The van der Waals surface area contributed by atoms with Crippen LogP contribution in [-0.2, 0) is 6.54 Å². The largest absolute Gasteiger partial charge is 0.329 e. The van der Waals surface area contributed by atoms with E-state index >= 15 is 0 Å². The van der Waals surface area contributed by atoms with Gasteiger partial charge in [0.25, 0.3) is 0 Å². The van der Waals surface area contributed by atoms with Crippen LogP contribution < -0.4 is 5.73 Å². The predicted octanol–water partition coefficient (Wildman–Crippen LogP) is 4.14. The summed E-state index contributed by atoms with van der Waals surface area (Å²) in [6.45, 7) is 1.57. The Labute approximate surface area is 124 Å². The van der Waals surface area contributed by atoms with Gasteiger partial charge in [-0.25, -0.2) is 0 Å². The van der Waals surface area contributed by atoms with Crippen LogP contribution in [0.2, 0.25) is 10.0 Å². The summed E-state index contributed by atoms with van der Waals surface area (Å²) in [6, 6.07) is 4.84. The Kier molecular flexibility index (Phi) is 4.04. The second-order valence-corrected chi connectivity index (χ2v) is 6.51. The second kappa shape index (κ2) is 5.61. The smallest absolute Gasteiger partial charge is 0.0481 e. The number of nitrogens with two attached hydrogens (primary N) is 1. The van der Waals surface area contributed by atoms with Crippen molar-refractivity contribution in [2.75, 3.05) is 6.54 Å². The molecule has 1 atom stereocenters. The van der Waals surface area contributed by atoms with Crippen LogP contribution in [0.5, 0.6) is 0 Å². The van der Waals surface area contributed by atoms with Crippen molar-refractivity contribution in [3.05, 3.63) is 33.3 Å². The van der Waals surface area contributed by atoms with Crippen molar-refractivity contribution in [2.45, 2.75) is 50.7 Å². The fourth-order valence-corrected chi connectivity index (χ4v) is 4.19. The average molecular weight is 299 g/mol. The van der Waals surface area contributed by atoms with Gasteiger partial charge in [-0.1, -0.05) is 42.5 Å². The Morgan fingerprint density at radius 3 is 2.58 bits per heavy atom. The van der Waals surface area contributed by atoms with Gasteiger partial charge < -0.3 is 5.73 Å². The van der Waals surface area contributed by atoms with Crippen LogP contribution in [0.3, 0.4) is 0 Å². The molecule has 1 aliphatic heterocycles. The normalized spacial score (nSPS) is 24.7. The summed E-state index contributed by atoms with van der Waals surface area (Å²) in [5.41, 5.74) is 8.49. The van der Waals surface area contributed by atoms with Crippen molar-refractivity contribution in [2.24, 2.45) is 5.73 Å². The van der Waals surface area contributed by atoms with E-state index in [0.717, 1.165) is 11.6 Å². The fourth-order valence-electron chi connectivity index (χ4n) is 3.62. The van der Waals surface area contributed by atoms with Gasteiger partial charge in [0, 0.05) is 35.2 Å². The molecule has 1 aromatic rings. The van der Waals surface area contributed by atoms with Gasteiger partial charge in [0.05, 0.1) is 0 Å². The van der Waals surface area contributed by atoms with Crippen LogP contribution in [-0.4, -0.2) is 17.5 Å². The maximum atomic E-state index is 6.35. The van der Waals surface area contributed by atoms with Gasteiger partial charge in [0.15, 0.2) is 0 Å². The van der Waals surface area contributed by atoms with E-state index in [4.69, 9.17) is 28.9 Å². The molecule has 2 aliphatic rings. The molecule has 1 heterocycles. The van der Waals surface area contributed by atoms with Crippen molar-refractivity contribution in [3.8, 4) is 0 Å². The maximum absolute atomic E-state index is 6.35. The van der Waals surface area contributed by atoms with Crippen molar-refractivity contribution in [3.63, 3.8) is 0 Å². The Bertz CT molecular complexity index is 469. The number of rotatable bonds is 2. The Balaban J connectivity index is 1.91. The molecule has 19 heavy (non-hydrogen) atoms. The molecule has 0 saturated heterocycles. The highest BCUT2D eigenvalue weighted by Crippen LogP contribution is 2.42. The zero-order chi connectivity index (χ0) is 13.4. The van der Waals surface area contributed by atoms with E-state index in [2.05, 4.69) is 4.90 Å². The third kappa shape index (κ3) is 2.52. The van der Waals surface area contributed by atoms with E-state index in [9.17, 15) is 0 Å². The van der Waals surface area contributed by atoms with Gasteiger partial charge in [-0.3, -0.25) is 4.90 Å². The Hall–Kier alpha value is -0.280. The maximum Gasteiger partial charge on any atom is 0.0481 e. The summed E-state index contributed by atoms with van der Waals surface area (Å²) in [4.78, 5) is 2.55. The van der Waals surface area contributed by atoms with E-state index in [-0.39, 0.29) is 6.04 Å². The first-order chi connectivity index (χ1) is 9.20. The highest BCUT2D eigenvalue weighted by atomic mass is 35.5. The van der Waals surface area contributed by atoms with Crippen LogP contribution in [0.25, 0.3) is 0 Å². The van der Waals surface area contributed by atoms with E-state index < -0.39 is 0 Å². The fraction of sp³-hybridized carbons (Fsp3) is 0.600. The lowest BCUT2D eigenvalue weighted by molar-refractivity contribution is 0.117. The van der Waals surface area contributed by atoms with Gasteiger partial charge >= 0.3 is 0 Å². The first-order valence-corrected chi connectivity index (χ1v) is 7.90. The van der Waals surface area contributed by atoms with Gasteiger partial charge in [-0.2, -0.15) is 0 Å². The summed E-state index contributed by atoms with van der Waals surface area (Å²) in [5.74, 6) is 0. The SMILES string of the molecule is NCC1c2cc(Cl)cc(Cl)c2CN1C1CCCCC1. The molecule has 0 aromatic heterocycles. The standard InChI is InChI=1S/C15H20Cl2N2/c16-10-6-12-13(14(17)7-10)9-19(15(12)8-18)11-4-2-1-3-5-11/h6-7,11,15H,1-5,8-9,18H2. The van der Waals surface area contributed by atoms with Crippen molar-refractivity contribution in [1.29, 1.82) is 0 Å². The van der Waals surface area contributed by atoms with Crippen molar-refractivity contribution >= 4 is 23.2 Å². The zero-order valence-corrected chi connectivity index (χ0v) is 12.6. The summed E-state index contributed by atoms with van der Waals surface area (Å²) < 4.78 is 0. The van der Waals surface area contributed by atoms with Gasteiger partial charge in [-0.15, -0.1) is 0 Å². The van der Waals surface area contributed by atoms with Gasteiger partial charge in [0.2, 0.25) is 0 Å². The minimum Gasteiger partial charge on any atom is -0.329 e. The minimum atomic E-state index is 0.286. The highest BCUT2D eigenvalue weighted by molar-refractivity contribution is 6.35. The zero-order valence-electron chi connectivity index (χ0n) is 11.0. The van der Waals surface area contributed by atoms with Crippen LogP contribution in [0.1, 0.15) is 49.3 Å². The number of halogens is 2. The molecule has 1 saturated carbocycles. The number of fused-ring (bicyclic) bond motifs is 1. The molecule has 4 heteroatoms. The number of nitrogens with zero attached hydrogens (tertiary/aromatic N) is 1.